The average Bonchev–Trinajstić information content (AvgIpc) is 3.14. The topological polar surface area (TPSA) is 56.4 Å². The zero-order valence-electron chi connectivity index (χ0n) is 15.1. The smallest absolute Gasteiger partial charge is 0.253 e. The second kappa shape index (κ2) is 7.95. The van der Waals surface area contributed by atoms with Gasteiger partial charge in [0.1, 0.15) is 0 Å². The van der Waals surface area contributed by atoms with E-state index in [0.717, 1.165) is 10.9 Å². The quantitative estimate of drug-likeness (QED) is 0.652. The van der Waals surface area contributed by atoms with Gasteiger partial charge in [0.15, 0.2) is 5.78 Å². The van der Waals surface area contributed by atoms with Gasteiger partial charge in [-0.2, -0.15) is 0 Å². The summed E-state index contributed by atoms with van der Waals surface area (Å²) in [4.78, 5) is 32.4. The lowest BCUT2D eigenvalue weighted by atomic mass is 10.1. The molecule has 2 aromatic carbocycles. The molecule has 0 saturated carbocycles. The van der Waals surface area contributed by atoms with Crippen molar-refractivity contribution in [3.8, 4) is 0 Å². The van der Waals surface area contributed by atoms with Gasteiger partial charge in [0.25, 0.3) is 5.91 Å². The fraction of sp³-hybridized carbons (Fsp3) is 0.238. The molecule has 0 atom stereocenters. The predicted molar refractivity (Wildman–Crippen MR) is 111 cm³/mol. The second-order valence-electron chi connectivity index (χ2n) is 6.87. The van der Waals surface area contributed by atoms with Gasteiger partial charge in [0.05, 0.1) is 16.6 Å². The molecule has 5 nitrogen and oxygen atoms in total. The molecule has 1 aliphatic rings. The molecule has 0 bridgehead atoms. The highest BCUT2D eigenvalue weighted by atomic mass is 35.5. The number of rotatable bonds is 4. The number of ketones is 1. The molecule has 0 radical (unpaired) electrons. The van der Waals surface area contributed by atoms with Gasteiger partial charge in [0, 0.05) is 54.4 Å². The van der Waals surface area contributed by atoms with Gasteiger partial charge in [-0.15, -0.1) is 0 Å². The zero-order chi connectivity index (χ0) is 19.7. The fourth-order valence-electron chi connectivity index (χ4n) is 3.51. The number of nitrogens with zero attached hydrogens (tertiary/aromatic N) is 2. The summed E-state index contributed by atoms with van der Waals surface area (Å²) < 4.78 is 0. The number of para-hydroxylation sites is 1. The first-order chi connectivity index (χ1) is 13.5. The Kier molecular flexibility index (Phi) is 5.40. The third-order valence-corrected chi connectivity index (χ3v) is 5.82. The molecule has 7 heteroatoms. The highest BCUT2D eigenvalue weighted by Gasteiger charge is 2.24. The number of hydrogen-bond acceptors (Lipinski definition) is 3. The molecule has 3 aromatic rings. The van der Waals surface area contributed by atoms with E-state index in [0.29, 0.717) is 53.9 Å². The van der Waals surface area contributed by atoms with Crippen LogP contribution >= 0.6 is 23.2 Å². The number of amides is 1. The first kappa shape index (κ1) is 19.0. The average molecular weight is 416 g/mol. The Morgan fingerprint density at radius 3 is 2.46 bits per heavy atom. The van der Waals surface area contributed by atoms with Crippen molar-refractivity contribution < 1.29 is 9.59 Å². The summed E-state index contributed by atoms with van der Waals surface area (Å²) >= 11 is 11.9. The first-order valence-electron chi connectivity index (χ1n) is 9.09. The maximum absolute atomic E-state index is 12.7. The van der Waals surface area contributed by atoms with Crippen LogP contribution in [0.15, 0.2) is 48.7 Å². The van der Waals surface area contributed by atoms with E-state index < -0.39 is 0 Å². The minimum atomic E-state index is -0.0684. The predicted octanol–water partition coefficient (Wildman–Crippen LogP) is 4.12. The third-order valence-electron chi connectivity index (χ3n) is 5.08. The third kappa shape index (κ3) is 3.78. The molecule has 1 aromatic heterocycles. The van der Waals surface area contributed by atoms with Crippen molar-refractivity contribution >= 4 is 45.8 Å². The van der Waals surface area contributed by atoms with Crippen LogP contribution in [-0.2, 0) is 0 Å². The van der Waals surface area contributed by atoms with Crippen molar-refractivity contribution in [1.82, 2.24) is 14.8 Å². The van der Waals surface area contributed by atoms with Crippen LogP contribution in [-0.4, -0.2) is 59.2 Å². The monoisotopic (exact) mass is 415 g/mol. The standard InChI is InChI=1S/C21H19Cl2N3O2/c22-17-6-5-14(11-18(17)23)21(28)26-9-7-25(8-10-26)13-20(27)16-12-24-19-4-2-1-3-15(16)19/h1-6,11-12,24H,7-10,13H2. The largest absolute Gasteiger partial charge is 0.360 e. The molecule has 1 fully saturated rings. The van der Waals surface area contributed by atoms with E-state index in [1.165, 1.54) is 0 Å². The fourth-order valence-corrected chi connectivity index (χ4v) is 3.81. The van der Waals surface area contributed by atoms with Crippen molar-refractivity contribution in [1.29, 1.82) is 0 Å². The number of fused-ring (bicyclic) bond motifs is 1. The number of benzene rings is 2. The van der Waals surface area contributed by atoms with Crippen molar-refractivity contribution in [3.05, 3.63) is 69.8 Å². The van der Waals surface area contributed by atoms with E-state index >= 15 is 0 Å². The van der Waals surface area contributed by atoms with E-state index in [9.17, 15) is 9.59 Å². The Morgan fingerprint density at radius 2 is 1.71 bits per heavy atom. The van der Waals surface area contributed by atoms with Crippen LogP contribution in [0.25, 0.3) is 10.9 Å². The lowest BCUT2D eigenvalue weighted by molar-refractivity contribution is 0.0624. The molecule has 2 heterocycles. The summed E-state index contributed by atoms with van der Waals surface area (Å²) in [6.07, 6.45) is 1.77. The number of hydrogen-bond donors (Lipinski definition) is 1. The molecule has 0 aliphatic carbocycles. The lowest BCUT2D eigenvalue weighted by Gasteiger charge is -2.34. The Hall–Kier alpha value is -2.34. The Labute approximate surface area is 172 Å². The van der Waals surface area contributed by atoms with E-state index in [1.54, 1.807) is 29.3 Å². The van der Waals surface area contributed by atoms with Crippen molar-refractivity contribution in [2.45, 2.75) is 0 Å². The zero-order valence-corrected chi connectivity index (χ0v) is 16.6. The molecular weight excluding hydrogens is 397 g/mol. The van der Waals surface area contributed by atoms with Crippen molar-refractivity contribution in [3.63, 3.8) is 0 Å². The highest BCUT2D eigenvalue weighted by Crippen LogP contribution is 2.24. The molecule has 1 N–H and O–H groups in total. The van der Waals surface area contributed by atoms with E-state index in [-0.39, 0.29) is 11.7 Å². The lowest BCUT2D eigenvalue weighted by Crippen LogP contribution is -2.49. The van der Waals surface area contributed by atoms with Crippen LogP contribution in [0.1, 0.15) is 20.7 Å². The van der Waals surface area contributed by atoms with Gasteiger partial charge < -0.3 is 9.88 Å². The summed E-state index contributed by atoms with van der Waals surface area (Å²) in [6, 6.07) is 12.7. The molecule has 1 aliphatic heterocycles. The summed E-state index contributed by atoms with van der Waals surface area (Å²) in [7, 11) is 0. The van der Waals surface area contributed by atoms with Gasteiger partial charge in [0.2, 0.25) is 0 Å². The number of carbonyl (C=O) groups is 2. The van der Waals surface area contributed by atoms with E-state index in [4.69, 9.17) is 23.2 Å². The van der Waals surface area contributed by atoms with Gasteiger partial charge >= 0.3 is 0 Å². The number of carbonyl (C=O) groups excluding carboxylic acids is 2. The Morgan fingerprint density at radius 1 is 0.964 bits per heavy atom. The van der Waals surface area contributed by atoms with E-state index in [1.807, 2.05) is 24.3 Å². The van der Waals surface area contributed by atoms with Crippen molar-refractivity contribution in [2.24, 2.45) is 0 Å². The number of piperazine rings is 1. The maximum Gasteiger partial charge on any atom is 0.253 e. The number of Topliss-reactive ketones (excluding diaryl/α,β-unsaturated/α-hetero) is 1. The van der Waals surface area contributed by atoms with Gasteiger partial charge in [-0.05, 0) is 24.3 Å². The van der Waals surface area contributed by atoms with Crippen LogP contribution in [0.5, 0.6) is 0 Å². The van der Waals surface area contributed by atoms with Crippen molar-refractivity contribution in [2.75, 3.05) is 32.7 Å². The summed E-state index contributed by atoms with van der Waals surface area (Å²) in [6.45, 7) is 2.79. The number of nitrogens with one attached hydrogen (secondary N) is 1. The maximum atomic E-state index is 12.7. The first-order valence-corrected chi connectivity index (χ1v) is 9.84. The van der Waals surface area contributed by atoms with Gasteiger partial charge in [-0.3, -0.25) is 14.5 Å². The Bertz CT molecular complexity index is 1040. The number of aromatic nitrogens is 1. The van der Waals surface area contributed by atoms with Gasteiger partial charge in [-0.1, -0.05) is 41.4 Å². The number of H-pyrrole nitrogens is 1. The highest BCUT2D eigenvalue weighted by molar-refractivity contribution is 6.42. The summed E-state index contributed by atoms with van der Waals surface area (Å²) in [5, 5.41) is 1.75. The summed E-state index contributed by atoms with van der Waals surface area (Å²) in [5.41, 5.74) is 2.20. The molecule has 28 heavy (non-hydrogen) atoms. The molecule has 1 amide bonds. The van der Waals surface area contributed by atoms with E-state index in [2.05, 4.69) is 9.88 Å². The van der Waals surface area contributed by atoms with Crippen LogP contribution in [0.3, 0.4) is 0 Å². The molecular formula is C21H19Cl2N3O2. The van der Waals surface area contributed by atoms with Crippen LogP contribution in [0, 0.1) is 0 Å². The SMILES string of the molecule is O=C(CN1CCN(C(=O)c2ccc(Cl)c(Cl)c2)CC1)c1c[nH]c2ccccc12. The minimum absolute atomic E-state index is 0.0684. The normalized spacial score (nSPS) is 15.1. The number of aromatic amines is 1. The molecule has 0 spiro atoms. The van der Waals surface area contributed by atoms with Crippen LogP contribution in [0.4, 0.5) is 0 Å². The second-order valence-corrected chi connectivity index (χ2v) is 7.68. The van der Waals surface area contributed by atoms with Gasteiger partial charge in [-0.25, -0.2) is 0 Å². The minimum Gasteiger partial charge on any atom is -0.360 e. The number of halogens is 2. The molecule has 4 rings (SSSR count). The van der Waals surface area contributed by atoms with Crippen LogP contribution in [0.2, 0.25) is 10.0 Å². The summed E-state index contributed by atoms with van der Waals surface area (Å²) in [5.74, 6) is 0.0166. The van der Waals surface area contributed by atoms with Crippen LogP contribution < -0.4 is 0 Å². The Balaban J connectivity index is 1.37. The molecule has 0 unspecified atom stereocenters. The molecule has 1 saturated heterocycles. The molecule has 144 valence electrons.